The maximum absolute atomic E-state index is 11.6. The van der Waals surface area contributed by atoms with Crippen molar-refractivity contribution in [2.75, 3.05) is 18.5 Å². The van der Waals surface area contributed by atoms with Gasteiger partial charge >= 0.3 is 6.03 Å². The van der Waals surface area contributed by atoms with Crippen LogP contribution in [0.2, 0.25) is 0 Å². The van der Waals surface area contributed by atoms with E-state index in [9.17, 15) is 4.79 Å². The topological polar surface area (TPSA) is 76.1 Å². The van der Waals surface area contributed by atoms with E-state index in [4.69, 9.17) is 4.74 Å². The number of hydrogen-bond acceptors (Lipinski definition) is 5. The number of ether oxygens (including phenoxy) is 1. The molecule has 0 unspecified atom stereocenters. The first-order valence-corrected chi connectivity index (χ1v) is 7.13. The number of carbonyl (C=O) groups is 1. The van der Waals surface area contributed by atoms with Gasteiger partial charge in [0.05, 0.1) is 6.10 Å². The molecule has 2 heterocycles. The Hall–Kier alpha value is -1.21. The second-order valence-electron chi connectivity index (χ2n) is 4.69. The molecule has 98 valence electrons. The van der Waals surface area contributed by atoms with Gasteiger partial charge in [0.25, 0.3) is 0 Å². The van der Waals surface area contributed by atoms with Gasteiger partial charge in [0.1, 0.15) is 5.01 Å². The number of rotatable bonds is 4. The van der Waals surface area contributed by atoms with Crippen LogP contribution in [0.3, 0.4) is 0 Å². The largest absolute Gasteiger partial charge is 0.376 e. The van der Waals surface area contributed by atoms with Crippen LogP contribution < -0.4 is 10.6 Å². The Bertz CT molecular complexity index is 426. The van der Waals surface area contributed by atoms with Crippen LogP contribution in [0.1, 0.15) is 36.6 Å². The quantitative estimate of drug-likeness (QED) is 0.871. The van der Waals surface area contributed by atoms with Crippen LogP contribution in [-0.4, -0.2) is 35.5 Å². The molecule has 3 rings (SSSR count). The standard InChI is InChI=1S/C11H16N4O2S/c16-10(12-6-8-2-1-5-17-8)13-11-15-14-9(18-11)7-3-4-7/h7-8H,1-6H2,(H2,12,13,15,16)/t8-/m0/s1. The Morgan fingerprint density at radius 1 is 1.39 bits per heavy atom. The van der Waals surface area contributed by atoms with Crippen LogP contribution in [0.4, 0.5) is 9.93 Å². The van der Waals surface area contributed by atoms with Crippen molar-refractivity contribution in [2.45, 2.75) is 37.7 Å². The molecule has 1 saturated heterocycles. The average Bonchev–Trinajstić information content (AvgIpc) is 2.90. The number of amides is 2. The summed E-state index contributed by atoms with van der Waals surface area (Å²) in [6, 6.07) is -0.232. The van der Waals surface area contributed by atoms with Gasteiger partial charge in [-0.1, -0.05) is 11.3 Å². The number of anilines is 1. The number of urea groups is 1. The zero-order valence-electron chi connectivity index (χ0n) is 10.0. The van der Waals surface area contributed by atoms with Gasteiger partial charge in [-0.15, -0.1) is 10.2 Å². The number of carbonyl (C=O) groups excluding carboxylic acids is 1. The van der Waals surface area contributed by atoms with E-state index in [2.05, 4.69) is 20.8 Å². The molecule has 0 spiro atoms. The van der Waals surface area contributed by atoms with Gasteiger partial charge in [-0.2, -0.15) is 0 Å². The minimum atomic E-state index is -0.232. The first-order valence-electron chi connectivity index (χ1n) is 6.31. The SMILES string of the molecule is O=C(NC[C@@H]1CCCO1)Nc1nnc(C2CC2)s1. The predicted octanol–water partition coefficient (Wildman–Crippen LogP) is 1.72. The lowest BCUT2D eigenvalue weighted by Crippen LogP contribution is -2.34. The van der Waals surface area contributed by atoms with E-state index >= 15 is 0 Å². The van der Waals surface area contributed by atoms with Crippen LogP contribution in [-0.2, 0) is 4.74 Å². The molecule has 0 bridgehead atoms. The van der Waals surface area contributed by atoms with Crippen LogP contribution >= 0.6 is 11.3 Å². The monoisotopic (exact) mass is 268 g/mol. The van der Waals surface area contributed by atoms with Gasteiger partial charge < -0.3 is 10.1 Å². The molecular formula is C11H16N4O2S. The van der Waals surface area contributed by atoms with Crippen LogP contribution in [0.15, 0.2) is 0 Å². The summed E-state index contributed by atoms with van der Waals surface area (Å²) in [7, 11) is 0. The molecule has 0 radical (unpaired) electrons. The van der Waals surface area contributed by atoms with Gasteiger partial charge in [0.15, 0.2) is 0 Å². The molecule has 1 aliphatic heterocycles. The Labute approximate surface area is 109 Å². The summed E-state index contributed by atoms with van der Waals surface area (Å²) < 4.78 is 5.43. The number of nitrogens with zero attached hydrogens (tertiary/aromatic N) is 2. The summed E-state index contributed by atoms with van der Waals surface area (Å²) >= 11 is 1.46. The summed E-state index contributed by atoms with van der Waals surface area (Å²) in [5.41, 5.74) is 0. The highest BCUT2D eigenvalue weighted by Gasteiger charge is 2.27. The van der Waals surface area contributed by atoms with Crippen LogP contribution in [0.25, 0.3) is 0 Å². The molecule has 1 saturated carbocycles. The van der Waals surface area contributed by atoms with Gasteiger partial charge in [-0.3, -0.25) is 5.32 Å². The summed E-state index contributed by atoms with van der Waals surface area (Å²) in [5, 5.41) is 15.1. The van der Waals surface area contributed by atoms with Crippen molar-refractivity contribution >= 4 is 22.5 Å². The Morgan fingerprint density at radius 2 is 2.28 bits per heavy atom. The fourth-order valence-corrected chi connectivity index (χ4v) is 2.84. The van der Waals surface area contributed by atoms with Crippen molar-refractivity contribution < 1.29 is 9.53 Å². The molecule has 2 fully saturated rings. The van der Waals surface area contributed by atoms with E-state index in [1.54, 1.807) is 0 Å². The second-order valence-corrected chi connectivity index (χ2v) is 5.70. The van der Waals surface area contributed by atoms with Crippen molar-refractivity contribution in [2.24, 2.45) is 0 Å². The number of hydrogen-bond donors (Lipinski definition) is 2. The van der Waals surface area contributed by atoms with Crippen LogP contribution in [0, 0.1) is 0 Å². The maximum atomic E-state index is 11.6. The number of nitrogens with one attached hydrogen (secondary N) is 2. The summed E-state index contributed by atoms with van der Waals surface area (Å²) in [6.07, 6.45) is 4.65. The molecule has 2 amide bonds. The Kier molecular flexibility index (Phi) is 3.42. The van der Waals surface area contributed by atoms with Gasteiger partial charge in [0, 0.05) is 19.1 Å². The third-order valence-corrected chi connectivity index (χ3v) is 4.10. The van der Waals surface area contributed by atoms with E-state index in [0.717, 1.165) is 24.5 Å². The molecule has 1 aliphatic carbocycles. The molecule has 1 aromatic rings. The van der Waals surface area contributed by atoms with Crippen molar-refractivity contribution in [3.05, 3.63) is 5.01 Å². The van der Waals surface area contributed by atoms with E-state index < -0.39 is 0 Å². The molecule has 1 aromatic heterocycles. The minimum absolute atomic E-state index is 0.159. The third kappa shape index (κ3) is 2.97. The van der Waals surface area contributed by atoms with E-state index in [0.29, 0.717) is 17.6 Å². The van der Waals surface area contributed by atoms with Gasteiger partial charge in [-0.25, -0.2) is 4.79 Å². The average molecular weight is 268 g/mol. The molecule has 2 aliphatic rings. The van der Waals surface area contributed by atoms with Crippen molar-refractivity contribution in [3.8, 4) is 0 Å². The highest BCUT2D eigenvalue weighted by molar-refractivity contribution is 7.15. The molecule has 1 atom stereocenters. The minimum Gasteiger partial charge on any atom is -0.376 e. The normalized spacial score (nSPS) is 23.0. The fraction of sp³-hybridized carbons (Fsp3) is 0.727. The second kappa shape index (κ2) is 5.19. The van der Waals surface area contributed by atoms with Gasteiger partial charge in [0.2, 0.25) is 5.13 Å². The van der Waals surface area contributed by atoms with E-state index in [1.807, 2.05) is 0 Å². The molecule has 18 heavy (non-hydrogen) atoms. The third-order valence-electron chi connectivity index (χ3n) is 3.10. The predicted molar refractivity (Wildman–Crippen MR) is 67.9 cm³/mol. The van der Waals surface area contributed by atoms with Crippen LogP contribution in [0.5, 0.6) is 0 Å². The molecule has 7 heteroatoms. The zero-order chi connectivity index (χ0) is 12.4. The Morgan fingerprint density at radius 3 is 3.00 bits per heavy atom. The van der Waals surface area contributed by atoms with E-state index in [-0.39, 0.29) is 12.1 Å². The van der Waals surface area contributed by atoms with Crippen molar-refractivity contribution in [1.29, 1.82) is 0 Å². The van der Waals surface area contributed by atoms with E-state index in [1.165, 1.54) is 24.2 Å². The highest BCUT2D eigenvalue weighted by Crippen LogP contribution is 2.41. The smallest absolute Gasteiger partial charge is 0.321 e. The lowest BCUT2D eigenvalue weighted by Gasteiger charge is -2.10. The zero-order valence-corrected chi connectivity index (χ0v) is 10.8. The molecule has 2 N–H and O–H groups in total. The lowest BCUT2D eigenvalue weighted by molar-refractivity contribution is 0.112. The fourth-order valence-electron chi connectivity index (χ4n) is 1.93. The highest BCUT2D eigenvalue weighted by atomic mass is 32.1. The number of aromatic nitrogens is 2. The lowest BCUT2D eigenvalue weighted by atomic mass is 10.2. The summed E-state index contributed by atoms with van der Waals surface area (Å²) in [5.74, 6) is 0.577. The summed E-state index contributed by atoms with van der Waals surface area (Å²) in [4.78, 5) is 11.6. The van der Waals surface area contributed by atoms with Gasteiger partial charge in [-0.05, 0) is 25.7 Å². The first-order chi connectivity index (χ1) is 8.81. The van der Waals surface area contributed by atoms with Crippen molar-refractivity contribution in [1.82, 2.24) is 15.5 Å². The van der Waals surface area contributed by atoms with Crippen molar-refractivity contribution in [3.63, 3.8) is 0 Å². The summed E-state index contributed by atoms with van der Waals surface area (Å²) in [6.45, 7) is 1.36. The molecule has 0 aromatic carbocycles. The first kappa shape index (κ1) is 11.9. The Balaban J connectivity index is 1.44. The molecule has 6 nitrogen and oxygen atoms in total. The molecular weight excluding hydrogens is 252 g/mol. The maximum Gasteiger partial charge on any atom is 0.321 e.